The number of alkyl halides is 3. The molecule has 0 aliphatic carbocycles. The highest BCUT2D eigenvalue weighted by Crippen LogP contribution is 2.32. The second-order valence-corrected chi connectivity index (χ2v) is 5.32. The predicted octanol–water partition coefficient (Wildman–Crippen LogP) is 2.45. The SMILES string of the molecule is FC(F)(F)CCCCNCC1CC2CCC1N2. The molecule has 2 aliphatic heterocycles. The third kappa shape index (κ3) is 4.14. The second-order valence-electron chi connectivity index (χ2n) is 5.32. The summed E-state index contributed by atoms with van der Waals surface area (Å²) >= 11 is 0. The van der Waals surface area contributed by atoms with Gasteiger partial charge in [-0.25, -0.2) is 0 Å². The molecule has 0 aromatic rings. The fourth-order valence-corrected chi connectivity index (χ4v) is 3.03. The van der Waals surface area contributed by atoms with Gasteiger partial charge >= 0.3 is 6.18 Å². The smallest absolute Gasteiger partial charge is 0.316 e. The minimum atomic E-state index is -3.99. The molecule has 0 spiro atoms. The van der Waals surface area contributed by atoms with Crippen LogP contribution in [-0.2, 0) is 0 Å². The number of rotatable bonds is 6. The Labute approximate surface area is 100 Å². The molecule has 2 fully saturated rings. The van der Waals surface area contributed by atoms with E-state index in [-0.39, 0.29) is 6.42 Å². The summed E-state index contributed by atoms with van der Waals surface area (Å²) in [6, 6.07) is 1.36. The van der Waals surface area contributed by atoms with Crippen LogP contribution in [0.5, 0.6) is 0 Å². The minimum absolute atomic E-state index is 0.242. The quantitative estimate of drug-likeness (QED) is 0.708. The maximum atomic E-state index is 11.9. The van der Waals surface area contributed by atoms with E-state index in [1.807, 2.05) is 0 Å². The van der Waals surface area contributed by atoms with Gasteiger partial charge in [-0.1, -0.05) is 0 Å². The van der Waals surface area contributed by atoms with Gasteiger partial charge in [0, 0.05) is 18.5 Å². The third-order valence-corrected chi connectivity index (χ3v) is 3.90. The van der Waals surface area contributed by atoms with E-state index < -0.39 is 12.6 Å². The number of nitrogens with one attached hydrogen (secondary N) is 2. The van der Waals surface area contributed by atoms with Crippen molar-refractivity contribution in [3.63, 3.8) is 0 Å². The maximum absolute atomic E-state index is 11.9. The van der Waals surface area contributed by atoms with Crippen LogP contribution in [0.4, 0.5) is 13.2 Å². The van der Waals surface area contributed by atoms with Crippen molar-refractivity contribution in [1.82, 2.24) is 10.6 Å². The Morgan fingerprint density at radius 1 is 1.18 bits per heavy atom. The first-order valence-electron chi connectivity index (χ1n) is 6.58. The van der Waals surface area contributed by atoms with Gasteiger partial charge in [0.05, 0.1) is 0 Å². The number of unbranched alkanes of at least 4 members (excludes halogenated alkanes) is 1. The van der Waals surface area contributed by atoms with Gasteiger partial charge in [0.25, 0.3) is 0 Å². The van der Waals surface area contributed by atoms with Crippen molar-refractivity contribution in [3.8, 4) is 0 Å². The molecule has 2 heterocycles. The number of halogens is 3. The van der Waals surface area contributed by atoms with Gasteiger partial charge in [-0.3, -0.25) is 0 Å². The second kappa shape index (κ2) is 5.57. The molecule has 17 heavy (non-hydrogen) atoms. The monoisotopic (exact) mass is 250 g/mol. The summed E-state index contributed by atoms with van der Waals surface area (Å²) in [6.45, 7) is 1.67. The largest absolute Gasteiger partial charge is 0.389 e. The fourth-order valence-electron chi connectivity index (χ4n) is 3.03. The first-order chi connectivity index (χ1) is 8.04. The Morgan fingerprint density at radius 3 is 2.59 bits per heavy atom. The van der Waals surface area contributed by atoms with E-state index in [0.29, 0.717) is 31.0 Å². The lowest BCUT2D eigenvalue weighted by molar-refractivity contribution is -0.135. The summed E-state index contributed by atoms with van der Waals surface area (Å²) in [7, 11) is 0. The molecule has 3 atom stereocenters. The zero-order valence-corrected chi connectivity index (χ0v) is 10.0. The first kappa shape index (κ1) is 13.1. The predicted molar refractivity (Wildman–Crippen MR) is 60.8 cm³/mol. The van der Waals surface area contributed by atoms with E-state index in [2.05, 4.69) is 10.6 Å². The summed E-state index contributed by atoms with van der Waals surface area (Å²) in [6.07, 6.45) is 0.0240. The number of hydrogen-bond acceptors (Lipinski definition) is 2. The van der Waals surface area contributed by atoms with Crippen molar-refractivity contribution in [2.24, 2.45) is 5.92 Å². The zero-order chi connectivity index (χ0) is 12.3. The topological polar surface area (TPSA) is 24.1 Å². The molecule has 2 saturated heterocycles. The molecule has 0 saturated carbocycles. The zero-order valence-electron chi connectivity index (χ0n) is 10.0. The molecule has 5 heteroatoms. The molecule has 2 rings (SSSR count). The van der Waals surface area contributed by atoms with E-state index in [9.17, 15) is 13.2 Å². The van der Waals surface area contributed by atoms with Crippen molar-refractivity contribution in [3.05, 3.63) is 0 Å². The van der Waals surface area contributed by atoms with Crippen LogP contribution < -0.4 is 10.6 Å². The molecule has 3 unspecified atom stereocenters. The van der Waals surface area contributed by atoms with Gasteiger partial charge < -0.3 is 10.6 Å². The van der Waals surface area contributed by atoms with Crippen LogP contribution in [0.1, 0.15) is 38.5 Å². The van der Waals surface area contributed by atoms with Crippen LogP contribution in [0, 0.1) is 5.92 Å². The molecule has 0 radical (unpaired) electrons. The van der Waals surface area contributed by atoms with Crippen molar-refractivity contribution < 1.29 is 13.2 Å². The molecule has 2 bridgehead atoms. The lowest BCUT2D eigenvalue weighted by Crippen LogP contribution is -2.32. The molecular weight excluding hydrogens is 229 g/mol. The average Bonchev–Trinajstić information content (AvgIpc) is 2.83. The Balaban J connectivity index is 1.47. The summed E-state index contributed by atoms with van der Waals surface area (Å²) < 4.78 is 35.7. The Hall–Kier alpha value is -0.290. The van der Waals surface area contributed by atoms with Crippen molar-refractivity contribution in [2.75, 3.05) is 13.1 Å². The molecule has 0 aromatic carbocycles. The minimum Gasteiger partial charge on any atom is -0.316 e. The summed E-state index contributed by atoms with van der Waals surface area (Å²) in [5, 5.41) is 6.85. The molecule has 100 valence electrons. The Kier molecular flexibility index (Phi) is 4.31. The van der Waals surface area contributed by atoms with E-state index in [1.165, 1.54) is 19.3 Å². The van der Waals surface area contributed by atoms with Crippen LogP contribution in [0.3, 0.4) is 0 Å². The first-order valence-corrected chi connectivity index (χ1v) is 6.58. The van der Waals surface area contributed by atoms with E-state index >= 15 is 0 Å². The van der Waals surface area contributed by atoms with Crippen molar-refractivity contribution in [2.45, 2.75) is 56.8 Å². The van der Waals surface area contributed by atoms with Crippen LogP contribution >= 0.6 is 0 Å². The Morgan fingerprint density at radius 2 is 2.00 bits per heavy atom. The lowest BCUT2D eigenvalue weighted by atomic mass is 9.89. The number of fused-ring (bicyclic) bond motifs is 2. The van der Waals surface area contributed by atoms with Gasteiger partial charge in [-0.05, 0) is 51.1 Å². The highest BCUT2D eigenvalue weighted by molar-refractivity contribution is 4.97. The number of hydrogen-bond donors (Lipinski definition) is 2. The van der Waals surface area contributed by atoms with Gasteiger partial charge in [-0.2, -0.15) is 13.2 Å². The van der Waals surface area contributed by atoms with E-state index in [1.54, 1.807) is 0 Å². The van der Waals surface area contributed by atoms with Crippen molar-refractivity contribution >= 4 is 0 Å². The highest BCUT2D eigenvalue weighted by atomic mass is 19.4. The normalized spacial score (nSPS) is 32.3. The lowest BCUT2D eigenvalue weighted by Gasteiger charge is -2.20. The van der Waals surface area contributed by atoms with E-state index in [0.717, 1.165) is 6.54 Å². The van der Waals surface area contributed by atoms with Gasteiger partial charge in [0.1, 0.15) is 0 Å². The van der Waals surface area contributed by atoms with Crippen LogP contribution in [0.25, 0.3) is 0 Å². The van der Waals surface area contributed by atoms with E-state index in [4.69, 9.17) is 0 Å². The average molecular weight is 250 g/mol. The van der Waals surface area contributed by atoms with Gasteiger partial charge in [0.2, 0.25) is 0 Å². The summed E-state index contributed by atoms with van der Waals surface area (Å²) in [5.41, 5.74) is 0. The molecule has 2 nitrogen and oxygen atoms in total. The van der Waals surface area contributed by atoms with Crippen molar-refractivity contribution in [1.29, 1.82) is 0 Å². The third-order valence-electron chi connectivity index (χ3n) is 3.90. The molecule has 2 N–H and O–H groups in total. The standard InChI is InChI=1S/C12H21F3N2/c13-12(14,15)5-1-2-6-16-8-9-7-10-3-4-11(9)17-10/h9-11,16-17H,1-8H2. The van der Waals surface area contributed by atoms with Gasteiger partial charge in [0.15, 0.2) is 0 Å². The maximum Gasteiger partial charge on any atom is 0.389 e. The molecule has 2 aliphatic rings. The van der Waals surface area contributed by atoms with Crippen LogP contribution in [0.2, 0.25) is 0 Å². The summed E-state index contributed by atoms with van der Waals surface area (Å²) in [5.74, 6) is 0.691. The summed E-state index contributed by atoms with van der Waals surface area (Å²) in [4.78, 5) is 0. The molecule has 0 amide bonds. The Bertz CT molecular complexity index is 242. The van der Waals surface area contributed by atoms with Gasteiger partial charge in [-0.15, -0.1) is 0 Å². The van der Waals surface area contributed by atoms with Crippen LogP contribution in [-0.4, -0.2) is 31.3 Å². The molecule has 0 aromatic heterocycles. The highest BCUT2D eigenvalue weighted by Gasteiger charge is 2.38. The molecular formula is C12H21F3N2. The fraction of sp³-hybridized carbons (Fsp3) is 1.00. The van der Waals surface area contributed by atoms with Crippen LogP contribution in [0.15, 0.2) is 0 Å².